The van der Waals surface area contributed by atoms with Crippen molar-refractivity contribution in [1.29, 1.82) is 0 Å². The molecule has 0 saturated heterocycles. The summed E-state index contributed by atoms with van der Waals surface area (Å²) in [6, 6.07) is 8.57. The first-order valence-electron chi connectivity index (χ1n) is 9.60. The lowest BCUT2D eigenvalue weighted by molar-refractivity contribution is -0.136. The zero-order valence-corrected chi connectivity index (χ0v) is 16.2. The molecule has 0 aliphatic heterocycles. The number of nitrogens with zero attached hydrogens (tertiary/aromatic N) is 3. The summed E-state index contributed by atoms with van der Waals surface area (Å²) in [7, 11) is 0. The molecule has 1 saturated carbocycles. The fraction of sp³-hybridized carbons (Fsp3) is 0.381. The molecule has 1 aliphatic rings. The average molecular weight is 402 g/mol. The van der Waals surface area contributed by atoms with E-state index in [0.29, 0.717) is 11.4 Å². The van der Waals surface area contributed by atoms with Crippen LogP contribution in [0.5, 0.6) is 0 Å². The van der Waals surface area contributed by atoms with Gasteiger partial charge in [0.25, 0.3) is 0 Å². The normalized spacial score (nSPS) is 14.4. The number of fused-ring (bicyclic) bond motifs is 1. The van der Waals surface area contributed by atoms with Crippen LogP contribution in [-0.4, -0.2) is 20.7 Å². The van der Waals surface area contributed by atoms with E-state index in [1.165, 1.54) is 11.6 Å². The van der Waals surface area contributed by atoms with Crippen LogP contribution in [0.25, 0.3) is 11.0 Å². The number of hydrogen-bond acceptors (Lipinski definition) is 3. The second-order valence-corrected chi connectivity index (χ2v) is 7.41. The number of alkyl halides is 3. The number of benzene rings is 1. The van der Waals surface area contributed by atoms with E-state index < -0.39 is 11.7 Å². The van der Waals surface area contributed by atoms with Crippen molar-refractivity contribution in [3.8, 4) is 0 Å². The number of aryl methyl sites for hydroxylation is 2. The molecule has 2 heterocycles. The van der Waals surface area contributed by atoms with E-state index >= 15 is 0 Å². The average Bonchev–Trinajstić information content (AvgIpc) is 3.47. The molecule has 0 unspecified atom stereocenters. The third-order valence-corrected chi connectivity index (χ3v) is 5.14. The molecule has 3 aromatic rings. The Hall–Kier alpha value is -2.90. The van der Waals surface area contributed by atoms with Crippen molar-refractivity contribution in [2.24, 2.45) is 0 Å². The smallest absolute Gasteiger partial charge is 0.324 e. The van der Waals surface area contributed by atoms with E-state index in [2.05, 4.69) is 15.4 Å². The topological polar surface area (TPSA) is 59.8 Å². The molecule has 29 heavy (non-hydrogen) atoms. The minimum Gasteiger partial charge on any atom is -0.324 e. The minimum absolute atomic E-state index is 0.0398. The Kier molecular flexibility index (Phi) is 4.80. The summed E-state index contributed by atoms with van der Waals surface area (Å²) in [4.78, 5) is 16.9. The van der Waals surface area contributed by atoms with Crippen molar-refractivity contribution in [3.05, 3.63) is 52.8 Å². The Balaban J connectivity index is 1.66. The van der Waals surface area contributed by atoms with E-state index in [0.717, 1.165) is 30.9 Å². The van der Waals surface area contributed by atoms with Crippen LogP contribution in [-0.2, 0) is 23.9 Å². The second-order valence-electron chi connectivity index (χ2n) is 7.41. The number of hydrogen-bond donors (Lipinski definition) is 1. The zero-order valence-electron chi connectivity index (χ0n) is 16.2. The molecule has 1 aromatic carbocycles. The van der Waals surface area contributed by atoms with Gasteiger partial charge in [0.2, 0.25) is 5.91 Å². The number of nitrogens with one attached hydrogen (secondary N) is 1. The highest BCUT2D eigenvalue weighted by molar-refractivity contribution is 5.92. The van der Waals surface area contributed by atoms with Crippen LogP contribution < -0.4 is 5.32 Å². The van der Waals surface area contributed by atoms with Gasteiger partial charge in [-0.15, -0.1) is 0 Å². The Morgan fingerprint density at radius 2 is 1.93 bits per heavy atom. The lowest BCUT2D eigenvalue weighted by Crippen LogP contribution is -2.20. The van der Waals surface area contributed by atoms with Gasteiger partial charge in [-0.25, -0.2) is 9.67 Å². The Bertz CT molecular complexity index is 1070. The molecular weight excluding hydrogens is 381 g/mol. The summed E-state index contributed by atoms with van der Waals surface area (Å²) in [6.07, 6.45) is -1.95. The van der Waals surface area contributed by atoms with Crippen LogP contribution in [0, 0.1) is 6.92 Å². The summed E-state index contributed by atoms with van der Waals surface area (Å²) < 4.78 is 42.2. The summed E-state index contributed by atoms with van der Waals surface area (Å²) in [5, 5.41) is 6.91. The standard InChI is InChI=1S/C21H21F3N4O/c1-3-13-4-8-15(9-5-13)25-18(29)11-28-20-19(12(2)27-28)16(21(22,23)24)10-17(26-20)14-6-7-14/h4-5,8-10,14H,3,6-7,11H2,1-2H3,(H,25,29). The van der Waals surface area contributed by atoms with Crippen LogP contribution in [0.3, 0.4) is 0 Å². The molecule has 152 valence electrons. The maximum absolute atomic E-state index is 13.6. The summed E-state index contributed by atoms with van der Waals surface area (Å²) in [6.45, 7) is 3.34. The summed E-state index contributed by atoms with van der Waals surface area (Å²) in [5.41, 5.74) is 1.78. The van der Waals surface area contributed by atoms with Gasteiger partial charge in [-0.3, -0.25) is 4.79 Å². The fourth-order valence-electron chi connectivity index (χ4n) is 3.46. The van der Waals surface area contributed by atoms with Crippen molar-refractivity contribution in [1.82, 2.24) is 14.8 Å². The highest BCUT2D eigenvalue weighted by Crippen LogP contribution is 2.43. The molecule has 0 radical (unpaired) electrons. The van der Waals surface area contributed by atoms with Gasteiger partial charge < -0.3 is 5.32 Å². The molecule has 1 fully saturated rings. The molecule has 0 atom stereocenters. The maximum Gasteiger partial charge on any atom is 0.417 e. The molecule has 1 N–H and O–H groups in total. The van der Waals surface area contributed by atoms with Crippen LogP contribution in [0.2, 0.25) is 0 Å². The third kappa shape index (κ3) is 3.97. The number of halogens is 3. The van der Waals surface area contributed by atoms with E-state index in [1.54, 1.807) is 12.1 Å². The third-order valence-electron chi connectivity index (χ3n) is 5.14. The molecule has 2 aromatic heterocycles. The summed E-state index contributed by atoms with van der Waals surface area (Å²) >= 11 is 0. The van der Waals surface area contributed by atoms with Crippen molar-refractivity contribution in [2.45, 2.75) is 51.7 Å². The molecule has 0 bridgehead atoms. The van der Waals surface area contributed by atoms with Crippen LogP contribution in [0.15, 0.2) is 30.3 Å². The molecule has 8 heteroatoms. The molecule has 1 amide bonds. The molecular formula is C21H21F3N4O. The molecule has 0 spiro atoms. The Morgan fingerprint density at radius 3 is 2.52 bits per heavy atom. The first-order chi connectivity index (χ1) is 13.8. The van der Waals surface area contributed by atoms with Gasteiger partial charge in [0, 0.05) is 17.3 Å². The highest BCUT2D eigenvalue weighted by atomic mass is 19.4. The number of pyridine rings is 1. The predicted molar refractivity (Wildman–Crippen MR) is 104 cm³/mol. The minimum atomic E-state index is -4.51. The number of amides is 1. The first kappa shape index (κ1) is 19.4. The lowest BCUT2D eigenvalue weighted by atomic mass is 10.1. The van der Waals surface area contributed by atoms with E-state index in [9.17, 15) is 18.0 Å². The SMILES string of the molecule is CCc1ccc(NC(=O)Cn2nc(C)c3c(C(F)(F)F)cc(C4CC4)nc32)cc1. The largest absolute Gasteiger partial charge is 0.417 e. The fourth-order valence-corrected chi connectivity index (χ4v) is 3.46. The zero-order chi connectivity index (χ0) is 20.8. The second kappa shape index (κ2) is 7.17. The summed E-state index contributed by atoms with van der Waals surface area (Å²) in [5.74, 6) is -0.319. The monoisotopic (exact) mass is 402 g/mol. The van der Waals surface area contributed by atoms with Gasteiger partial charge in [0.05, 0.1) is 16.6 Å². The number of rotatable bonds is 5. The van der Waals surface area contributed by atoms with Crippen LogP contribution >= 0.6 is 0 Å². The van der Waals surface area contributed by atoms with E-state index in [4.69, 9.17) is 0 Å². The van der Waals surface area contributed by atoms with Crippen LogP contribution in [0.4, 0.5) is 18.9 Å². The van der Waals surface area contributed by atoms with Crippen molar-refractivity contribution < 1.29 is 18.0 Å². The maximum atomic E-state index is 13.6. The molecule has 5 nitrogen and oxygen atoms in total. The van der Waals surface area contributed by atoms with Gasteiger partial charge in [-0.1, -0.05) is 19.1 Å². The van der Waals surface area contributed by atoms with Crippen molar-refractivity contribution in [2.75, 3.05) is 5.32 Å². The molecule has 1 aliphatic carbocycles. The van der Waals surface area contributed by atoms with E-state index in [1.807, 2.05) is 19.1 Å². The Morgan fingerprint density at radius 1 is 1.24 bits per heavy atom. The Labute approximate surface area is 165 Å². The van der Waals surface area contributed by atoms with Gasteiger partial charge in [-0.05, 0) is 49.9 Å². The number of aromatic nitrogens is 3. The quantitative estimate of drug-likeness (QED) is 0.665. The predicted octanol–water partition coefficient (Wildman–Crippen LogP) is 4.84. The van der Waals surface area contributed by atoms with Crippen molar-refractivity contribution in [3.63, 3.8) is 0 Å². The molecule has 4 rings (SSSR count). The number of anilines is 1. The number of carbonyl (C=O) groups is 1. The first-order valence-corrected chi connectivity index (χ1v) is 9.60. The lowest BCUT2D eigenvalue weighted by Gasteiger charge is -2.11. The van der Waals surface area contributed by atoms with Gasteiger partial charge >= 0.3 is 6.18 Å². The highest BCUT2D eigenvalue weighted by Gasteiger charge is 2.37. The van der Waals surface area contributed by atoms with E-state index in [-0.39, 0.29) is 35.1 Å². The van der Waals surface area contributed by atoms with Gasteiger partial charge in [-0.2, -0.15) is 18.3 Å². The van der Waals surface area contributed by atoms with Gasteiger partial charge in [0.15, 0.2) is 5.65 Å². The number of carbonyl (C=O) groups excluding carboxylic acids is 1. The van der Waals surface area contributed by atoms with Crippen LogP contribution in [0.1, 0.15) is 48.2 Å². The van der Waals surface area contributed by atoms with Crippen molar-refractivity contribution >= 4 is 22.6 Å². The van der Waals surface area contributed by atoms with Gasteiger partial charge in [0.1, 0.15) is 6.54 Å².